The Morgan fingerprint density at radius 1 is 1.53 bits per heavy atom. The first kappa shape index (κ1) is 11.8. The van der Waals surface area contributed by atoms with Crippen LogP contribution in [0.4, 0.5) is 11.4 Å². The van der Waals surface area contributed by atoms with E-state index in [-0.39, 0.29) is 17.2 Å². The molecular formula is C13H18N2O2. The van der Waals surface area contributed by atoms with Crippen LogP contribution in [0.25, 0.3) is 0 Å². The molecule has 17 heavy (non-hydrogen) atoms. The van der Waals surface area contributed by atoms with Crippen molar-refractivity contribution in [3.63, 3.8) is 0 Å². The second kappa shape index (κ2) is 3.95. The molecule has 1 atom stereocenters. The summed E-state index contributed by atoms with van der Waals surface area (Å²) in [5.41, 5.74) is 7.14. The lowest BCUT2D eigenvalue weighted by molar-refractivity contribution is -0.117. The van der Waals surface area contributed by atoms with Gasteiger partial charge in [0.15, 0.2) is 0 Å². The van der Waals surface area contributed by atoms with E-state index in [0.29, 0.717) is 17.1 Å². The molecule has 1 aromatic carbocycles. The van der Waals surface area contributed by atoms with Gasteiger partial charge in [-0.15, -0.1) is 0 Å². The monoisotopic (exact) mass is 234 g/mol. The summed E-state index contributed by atoms with van der Waals surface area (Å²) in [5.74, 6) is 0.836. The van der Waals surface area contributed by atoms with E-state index in [9.17, 15) is 4.79 Å². The second-order valence-electron chi connectivity index (χ2n) is 5.19. The Morgan fingerprint density at radius 2 is 2.18 bits per heavy atom. The molecule has 1 aliphatic carbocycles. The van der Waals surface area contributed by atoms with Crippen molar-refractivity contribution in [1.82, 2.24) is 0 Å². The Morgan fingerprint density at radius 3 is 2.65 bits per heavy atom. The highest BCUT2D eigenvalue weighted by Gasteiger charge is 2.50. The quantitative estimate of drug-likeness (QED) is 0.788. The normalized spacial score (nSPS) is 20.8. The number of nitrogens with two attached hydrogens (primary N) is 1. The molecule has 1 saturated carbocycles. The van der Waals surface area contributed by atoms with Crippen LogP contribution < -0.4 is 15.8 Å². The third-order valence-corrected chi connectivity index (χ3v) is 3.35. The molecule has 0 spiro atoms. The summed E-state index contributed by atoms with van der Waals surface area (Å²) in [6.07, 6.45) is 0.939. The molecule has 1 unspecified atom stereocenters. The van der Waals surface area contributed by atoms with Gasteiger partial charge in [-0.05, 0) is 24.0 Å². The highest BCUT2D eigenvalue weighted by Crippen LogP contribution is 2.52. The van der Waals surface area contributed by atoms with Crippen LogP contribution in [0.5, 0.6) is 5.75 Å². The Kier molecular flexibility index (Phi) is 2.73. The zero-order valence-corrected chi connectivity index (χ0v) is 10.4. The molecule has 1 aliphatic rings. The molecule has 92 valence electrons. The number of methoxy groups -OCH3 is 1. The molecule has 1 aromatic rings. The molecule has 0 radical (unpaired) electrons. The molecule has 0 heterocycles. The molecule has 4 nitrogen and oxygen atoms in total. The number of anilines is 2. The average Bonchev–Trinajstić information content (AvgIpc) is 2.91. The third kappa shape index (κ3) is 2.35. The fourth-order valence-corrected chi connectivity index (χ4v) is 1.92. The van der Waals surface area contributed by atoms with Crippen LogP contribution in [0.15, 0.2) is 18.2 Å². The first-order valence-electron chi connectivity index (χ1n) is 5.68. The highest BCUT2D eigenvalue weighted by atomic mass is 16.5. The lowest BCUT2D eigenvalue weighted by atomic mass is 10.1. The molecule has 3 N–H and O–H groups in total. The van der Waals surface area contributed by atoms with Crippen LogP contribution in [0, 0.1) is 11.3 Å². The number of hydrogen-bond donors (Lipinski definition) is 2. The topological polar surface area (TPSA) is 64.3 Å². The van der Waals surface area contributed by atoms with Gasteiger partial charge in [-0.2, -0.15) is 0 Å². The van der Waals surface area contributed by atoms with Crippen molar-refractivity contribution in [2.24, 2.45) is 11.3 Å². The van der Waals surface area contributed by atoms with Gasteiger partial charge in [0, 0.05) is 12.0 Å². The van der Waals surface area contributed by atoms with Gasteiger partial charge in [-0.25, -0.2) is 0 Å². The number of carbonyl (C=O) groups excluding carboxylic acids is 1. The predicted octanol–water partition coefficient (Wildman–Crippen LogP) is 2.26. The Balaban J connectivity index is 2.07. The number of rotatable bonds is 3. The number of amides is 1. The van der Waals surface area contributed by atoms with E-state index < -0.39 is 0 Å². The molecule has 4 heteroatoms. The summed E-state index contributed by atoms with van der Waals surface area (Å²) < 4.78 is 5.06. The van der Waals surface area contributed by atoms with E-state index >= 15 is 0 Å². The van der Waals surface area contributed by atoms with Crippen LogP contribution in [0.3, 0.4) is 0 Å². The second-order valence-corrected chi connectivity index (χ2v) is 5.19. The van der Waals surface area contributed by atoms with E-state index in [1.165, 1.54) is 0 Å². The van der Waals surface area contributed by atoms with Gasteiger partial charge < -0.3 is 15.8 Å². The van der Waals surface area contributed by atoms with Gasteiger partial charge in [0.25, 0.3) is 0 Å². The molecule has 2 rings (SSSR count). The number of nitrogens with one attached hydrogen (secondary N) is 1. The van der Waals surface area contributed by atoms with Crippen molar-refractivity contribution < 1.29 is 9.53 Å². The standard InChI is InChI=1S/C13H18N2O2/c1-13(2)7-9(13)12(16)15-11-5-4-8(17-3)6-10(11)14/h4-6,9H,7,14H2,1-3H3,(H,15,16). The third-order valence-electron chi connectivity index (χ3n) is 3.35. The van der Waals surface area contributed by atoms with Crippen molar-refractivity contribution in [3.8, 4) is 5.75 Å². The van der Waals surface area contributed by atoms with E-state index in [2.05, 4.69) is 19.2 Å². The number of hydrogen-bond acceptors (Lipinski definition) is 3. The van der Waals surface area contributed by atoms with Gasteiger partial charge >= 0.3 is 0 Å². The number of benzene rings is 1. The zero-order valence-electron chi connectivity index (χ0n) is 10.4. The summed E-state index contributed by atoms with van der Waals surface area (Å²) in [5, 5.41) is 2.86. The highest BCUT2D eigenvalue weighted by molar-refractivity contribution is 5.97. The molecule has 0 saturated heterocycles. The summed E-state index contributed by atoms with van der Waals surface area (Å²) in [6, 6.07) is 5.25. The van der Waals surface area contributed by atoms with Gasteiger partial charge in [-0.1, -0.05) is 13.8 Å². The smallest absolute Gasteiger partial charge is 0.228 e. The van der Waals surface area contributed by atoms with Gasteiger partial charge in [0.05, 0.1) is 18.5 Å². The largest absolute Gasteiger partial charge is 0.497 e. The molecule has 1 amide bonds. The Labute approximate surface area is 101 Å². The van der Waals surface area contributed by atoms with Gasteiger partial charge in [0.1, 0.15) is 5.75 Å². The molecule has 0 aliphatic heterocycles. The van der Waals surface area contributed by atoms with Crippen molar-refractivity contribution in [1.29, 1.82) is 0 Å². The van der Waals surface area contributed by atoms with Crippen LogP contribution in [-0.4, -0.2) is 13.0 Å². The molecular weight excluding hydrogens is 216 g/mol. The maximum absolute atomic E-state index is 11.9. The Bertz CT molecular complexity index is 455. The summed E-state index contributed by atoms with van der Waals surface area (Å²) in [7, 11) is 1.58. The molecule has 0 bridgehead atoms. The van der Waals surface area contributed by atoms with E-state index in [1.807, 2.05) is 0 Å². The van der Waals surface area contributed by atoms with Crippen molar-refractivity contribution >= 4 is 17.3 Å². The number of carbonyl (C=O) groups is 1. The summed E-state index contributed by atoms with van der Waals surface area (Å²) in [6.45, 7) is 4.18. The SMILES string of the molecule is COc1ccc(NC(=O)C2CC2(C)C)c(N)c1. The maximum atomic E-state index is 11.9. The van der Waals surface area contributed by atoms with E-state index in [1.54, 1.807) is 25.3 Å². The molecule has 1 fully saturated rings. The number of nitrogen functional groups attached to an aromatic ring is 1. The maximum Gasteiger partial charge on any atom is 0.228 e. The summed E-state index contributed by atoms with van der Waals surface area (Å²) >= 11 is 0. The van der Waals surface area contributed by atoms with Gasteiger partial charge in [-0.3, -0.25) is 4.79 Å². The van der Waals surface area contributed by atoms with Crippen LogP contribution >= 0.6 is 0 Å². The van der Waals surface area contributed by atoms with Crippen molar-refractivity contribution in [3.05, 3.63) is 18.2 Å². The lowest BCUT2D eigenvalue weighted by Gasteiger charge is -2.10. The van der Waals surface area contributed by atoms with Crippen LogP contribution in [0.2, 0.25) is 0 Å². The van der Waals surface area contributed by atoms with Crippen molar-refractivity contribution in [2.75, 3.05) is 18.2 Å². The minimum atomic E-state index is 0.0480. The first-order valence-corrected chi connectivity index (χ1v) is 5.68. The average molecular weight is 234 g/mol. The fourth-order valence-electron chi connectivity index (χ4n) is 1.92. The van der Waals surface area contributed by atoms with Crippen LogP contribution in [0.1, 0.15) is 20.3 Å². The fraction of sp³-hybridized carbons (Fsp3) is 0.462. The molecule has 0 aromatic heterocycles. The Hall–Kier alpha value is -1.71. The zero-order chi connectivity index (χ0) is 12.6. The van der Waals surface area contributed by atoms with E-state index in [0.717, 1.165) is 6.42 Å². The lowest BCUT2D eigenvalue weighted by Crippen LogP contribution is -2.17. The number of ether oxygens (including phenoxy) is 1. The van der Waals surface area contributed by atoms with Gasteiger partial charge in [0.2, 0.25) is 5.91 Å². The summed E-state index contributed by atoms with van der Waals surface area (Å²) in [4.78, 5) is 11.9. The minimum Gasteiger partial charge on any atom is -0.497 e. The van der Waals surface area contributed by atoms with E-state index in [4.69, 9.17) is 10.5 Å². The van der Waals surface area contributed by atoms with Crippen LogP contribution in [-0.2, 0) is 4.79 Å². The van der Waals surface area contributed by atoms with Crippen molar-refractivity contribution in [2.45, 2.75) is 20.3 Å². The minimum absolute atomic E-state index is 0.0480. The predicted molar refractivity (Wildman–Crippen MR) is 67.9 cm³/mol. The first-order chi connectivity index (χ1) is 7.94.